The Kier molecular flexibility index (Phi) is 6.10. The van der Waals surface area contributed by atoms with E-state index in [1.54, 1.807) is 29.6 Å². The Morgan fingerprint density at radius 1 is 1.17 bits per heavy atom. The van der Waals surface area contributed by atoms with Crippen molar-refractivity contribution in [3.05, 3.63) is 52.9 Å². The molecule has 0 atom stereocenters. The molecule has 8 heteroatoms. The lowest BCUT2D eigenvalue weighted by Crippen LogP contribution is -2.19. The zero-order valence-electron chi connectivity index (χ0n) is 13.0. The predicted molar refractivity (Wildman–Crippen MR) is 92.8 cm³/mol. The lowest BCUT2D eigenvalue weighted by Gasteiger charge is -2.06. The molecular formula is C16H17NO5S2. The van der Waals surface area contributed by atoms with Crippen molar-refractivity contribution in [2.75, 3.05) is 18.2 Å². The van der Waals surface area contributed by atoms with Crippen LogP contribution in [0.25, 0.3) is 0 Å². The van der Waals surface area contributed by atoms with E-state index in [0.717, 1.165) is 0 Å². The highest BCUT2D eigenvalue weighted by atomic mass is 32.2. The van der Waals surface area contributed by atoms with Gasteiger partial charge in [-0.05, 0) is 17.0 Å². The first-order chi connectivity index (χ1) is 11.4. The normalized spacial score (nSPS) is 11.0. The first kappa shape index (κ1) is 18.2. The number of carbonyl (C=O) groups excluding carboxylic acids is 2. The molecule has 1 heterocycles. The van der Waals surface area contributed by atoms with Gasteiger partial charge in [0.15, 0.2) is 9.84 Å². The molecule has 2 aromatic rings. The fourth-order valence-corrected chi connectivity index (χ4v) is 4.15. The van der Waals surface area contributed by atoms with Crippen molar-refractivity contribution in [1.82, 2.24) is 0 Å². The highest BCUT2D eigenvalue weighted by Gasteiger charge is 2.18. The molecule has 0 spiro atoms. The van der Waals surface area contributed by atoms with Gasteiger partial charge in [0.25, 0.3) is 0 Å². The van der Waals surface area contributed by atoms with Crippen LogP contribution in [0.5, 0.6) is 0 Å². The third-order valence-corrected chi connectivity index (χ3v) is 5.62. The highest BCUT2D eigenvalue weighted by Crippen LogP contribution is 2.24. The first-order valence-electron chi connectivity index (χ1n) is 7.11. The quantitative estimate of drug-likeness (QED) is 0.760. The summed E-state index contributed by atoms with van der Waals surface area (Å²) in [6, 6.07) is 10.3. The summed E-state index contributed by atoms with van der Waals surface area (Å²) in [5.41, 5.74) is 0.937. The van der Waals surface area contributed by atoms with Crippen LogP contribution < -0.4 is 5.32 Å². The minimum atomic E-state index is -3.39. The molecule has 0 aliphatic rings. The second-order valence-corrected chi connectivity index (χ2v) is 8.13. The molecule has 1 aromatic heterocycles. The molecule has 2 rings (SSSR count). The molecule has 0 aliphatic carbocycles. The Hall–Kier alpha value is -2.19. The number of sulfone groups is 1. The zero-order valence-corrected chi connectivity index (χ0v) is 14.7. The summed E-state index contributed by atoms with van der Waals surface area (Å²) in [5, 5.41) is 4.56. The second kappa shape index (κ2) is 8.07. The zero-order chi connectivity index (χ0) is 17.6. The number of nitrogens with one attached hydrogen (secondary N) is 1. The van der Waals surface area contributed by atoms with E-state index >= 15 is 0 Å². The summed E-state index contributed by atoms with van der Waals surface area (Å²) in [4.78, 5) is 23.5. The van der Waals surface area contributed by atoms with Crippen molar-refractivity contribution in [2.24, 2.45) is 0 Å². The summed E-state index contributed by atoms with van der Waals surface area (Å²) in [6.45, 7) is 0. The number of hydrogen-bond acceptors (Lipinski definition) is 6. The van der Waals surface area contributed by atoms with Gasteiger partial charge in [-0.3, -0.25) is 4.79 Å². The number of methoxy groups -OCH3 is 1. The van der Waals surface area contributed by atoms with Crippen molar-refractivity contribution in [2.45, 2.75) is 12.2 Å². The second-order valence-electron chi connectivity index (χ2n) is 5.03. The van der Waals surface area contributed by atoms with Gasteiger partial charge >= 0.3 is 5.97 Å². The van der Waals surface area contributed by atoms with Gasteiger partial charge in [-0.1, -0.05) is 30.3 Å². The number of ether oxygens (including phenoxy) is 1. The topological polar surface area (TPSA) is 89.5 Å². The average molecular weight is 367 g/mol. The van der Waals surface area contributed by atoms with Gasteiger partial charge in [0, 0.05) is 6.42 Å². The monoisotopic (exact) mass is 367 g/mol. The Bertz CT molecular complexity index is 812. The van der Waals surface area contributed by atoms with Crippen LogP contribution in [0.2, 0.25) is 0 Å². The average Bonchev–Trinajstić information content (AvgIpc) is 3.01. The minimum absolute atomic E-state index is 0.104. The van der Waals surface area contributed by atoms with E-state index in [9.17, 15) is 18.0 Å². The van der Waals surface area contributed by atoms with Crippen molar-refractivity contribution >= 4 is 38.1 Å². The minimum Gasteiger partial charge on any atom is -0.465 e. The lowest BCUT2D eigenvalue weighted by atomic mass is 10.2. The van der Waals surface area contributed by atoms with Crippen LogP contribution in [0.1, 0.15) is 22.3 Å². The molecule has 1 amide bonds. The number of anilines is 1. The standard InChI is InChI=1S/C16H17NO5S2/c1-22-16(19)13-7-9-23-15(13)17-14(18)8-10-24(20,21)11-12-5-3-2-4-6-12/h2-7,9H,8,10-11H2,1H3,(H,17,18). The van der Waals surface area contributed by atoms with Gasteiger partial charge in [-0.25, -0.2) is 13.2 Å². The molecule has 0 unspecified atom stereocenters. The fourth-order valence-electron chi connectivity index (χ4n) is 2.01. The van der Waals surface area contributed by atoms with Gasteiger partial charge in [0.1, 0.15) is 5.00 Å². The summed E-state index contributed by atoms with van der Waals surface area (Å²) in [6.07, 6.45) is -0.173. The number of esters is 1. The third kappa shape index (κ3) is 5.17. The maximum atomic E-state index is 12.1. The third-order valence-electron chi connectivity index (χ3n) is 3.19. The van der Waals surface area contributed by atoms with Gasteiger partial charge in [-0.2, -0.15) is 0 Å². The molecule has 0 saturated heterocycles. The molecule has 6 nitrogen and oxygen atoms in total. The molecule has 0 bridgehead atoms. The van der Waals surface area contributed by atoms with E-state index in [4.69, 9.17) is 0 Å². The number of amides is 1. The smallest absolute Gasteiger partial charge is 0.340 e. The molecular weight excluding hydrogens is 350 g/mol. The fraction of sp³-hybridized carbons (Fsp3) is 0.250. The van der Waals surface area contributed by atoms with Gasteiger partial charge in [0.2, 0.25) is 5.91 Å². The van der Waals surface area contributed by atoms with E-state index in [0.29, 0.717) is 10.6 Å². The number of carbonyl (C=O) groups is 2. The molecule has 24 heavy (non-hydrogen) atoms. The van der Waals surface area contributed by atoms with E-state index < -0.39 is 21.7 Å². The number of thiophene rings is 1. The van der Waals surface area contributed by atoms with Crippen LogP contribution in [0.4, 0.5) is 5.00 Å². The molecule has 128 valence electrons. The van der Waals surface area contributed by atoms with Crippen LogP contribution in [0.3, 0.4) is 0 Å². The molecule has 0 radical (unpaired) electrons. The van der Waals surface area contributed by atoms with Crippen LogP contribution in [0.15, 0.2) is 41.8 Å². The van der Waals surface area contributed by atoms with Crippen molar-refractivity contribution < 1.29 is 22.7 Å². The predicted octanol–water partition coefficient (Wildman–Crippen LogP) is 2.48. The lowest BCUT2D eigenvalue weighted by molar-refractivity contribution is -0.115. The van der Waals surface area contributed by atoms with Gasteiger partial charge in [-0.15, -0.1) is 11.3 Å². The molecule has 0 aliphatic heterocycles. The molecule has 0 fully saturated rings. The summed E-state index contributed by atoms with van der Waals surface area (Å²) in [5.74, 6) is -1.37. The van der Waals surface area contributed by atoms with Crippen LogP contribution >= 0.6 is 11.3 Å². The largest absolute Gasteiger partial charge is 0.465 e. The summed E-state index contributed by atoms with van der Waals surface area (Å²) in [7, 11) is -2.14. The highest BCUT2D eigenvalue weighted by molar-refractivity contribution is 7.90. The number of hydrogen-bond donors (Lipinski definition) is 1. The Balaban J connectivity index is 1.91. The maximum absolute atomic E-state index is 12.1. The SMILES string of the molecule is COC(=O)c1ccsc1NC(=O)CCS(=O)(=O)Cc1ccccc1. The molecule has 1 aromatic carbocycles. The van der Waals surface area contributed by atoms with E-state index in [1.807, 2.05) is 6.07 Å². The van der Waals surface area contributed by atoms with E-state index in [-0.39, 0.29) is 23.5 Å². The maximum Gasteiger partial charge on any atom is 0.340 e. The van der Waals surface area contributed by atoms with Crippen LogP contribution in [0, 0.1) is 0 Å². The Labute approximate surface area is 144 Å². The van der Waals surface area contributed by atoms with Crippen molar-refractivity contribution in [3.8, 4) is 0 Å². The summed E-state index contributed by atoms with van der Waals surface area (Å²) >= 11 is 1.18. The van der Waals surface area contributed by atoms with Crippen LogP contribution in [-0.2, 0) is 25.1 Å². The Morgan fingerprint density at radius 3 is 2.54 bits per heavy atom. The summed E-state index contributed by atoms with van der Waals surface area (Å²) < 4.78 is 28.8. The first-order valence-corrected chi connectivity index (χ1v) is 9.81. The van der Waals surface area contributed by atoms with E-state index in [1.165, 1.54) is 24.5 Å². The van der Waals surface area contributed by atoms with Gasteiger partial charge < -0.3 is 10.1 Å². The van der Waals surface area contributed by atoms with Crippen molar-refractivity contribution in [1.29, 1.82) is 0 Å². The molecule has 0 saturated carbocycles. The van der Waals surface area contributed by atoms with E-state index in [2.05, 4.69) is 10.1 Å². The molecule has 1 N–H and O–H groups in total. The Morgan fingerprint density at radius 2 is 1.88 bits per heavy atom. The van der Waals surface area contributed by atoms with Gasteiger partial charge in [0.05, 0.1) is 24.2 Å². The van der Waals surface area contributed by atoms with Crippen LogP contribution in [-0.4, -0.2) is 33.2 Å². The number of rotatable bonds is 7. The van der Waals surface area contributed by atoms with Crippen molar-refractivity contribution in [3.63, 3.8) is 0 Å². The number of benzene rings is 1.